The maximum atomic E-state index is 13.3. The highest BCUT2D eigenvalue weighted by Gasteiger charge is 2.58. The quantitative estimate of drug-likeness (QED) is 0.796. The van der Waals surface area contributed by atoms with Gasteiger partial charge in [-0.3, -0.25) is 14.5 Å². The van der Waals surface area contributed by atoms with Gasteiger partial charge in [-0.2, -0.15) is 0 Å². The van der Waals surface area contributed by atoms with Gasteiger partial charge in [0.15, 0.2) is 5.78 Å². The molecule has 0 radical (unpaired) electrons. The maximum Gasteiger partial charge on any atom is 0.311 e. The summed E-state index contributed by atoms with van der Waals surface area (Å²) in [5.41, 5.74) is 2.32. The number of hydrogen-bond donors (Lipinski definition) is 0. The summed E-state index contributed by atoms with van der Waals surface area (Å²) in [6.45, 7) is 4.05. The Kier molecular flexibility index (Phi) is 4.37. The van der Waals surface area contributed by atoms with Crippen molar-refractivity contribution in [2.45, 2.75) is 19.9 Å². The van der Waals surface area contributed by atoms with Crippen molar-refractivity contribution in [1.29, 1.82) is 0 Å². The minimum absolute atomic E-state index is 0.0988. The van der Waals surface area contributed by atoms with Crippen LogP contribution in [0.2, 0.25) is 0 Å². The minimum atomic E-state index is -0.690. The van der Waals surface area contributed by atoms with Gasteiger partial charge in [-0.1, -0.05) is 54.6 Å². The number of carbonyl (C=O) groups excluding carboxylic acids is 2. The van der Waals surface area contributed by atoms with E-state index in [1.165, 1.54) is 5.56 Å². The molecule has 0 bridgehead atoms. The molecule has 2 atom stereocenters. The van der Waals surface area contributed by atoms with E-state index in [2.05, 4.69) is 17.0 Å². The molecule has 4 heteroatoms. The third kappa shape index (κ3) is 2.74. The second kappa shape index (κ2) is 6.69. The van der Waals surface area contributed by atoms with Gasteiger partial charge >= 0.3 is 5.97 Å². The highest BCUT2D eigenvalue weighted by molar-refractivity contribution is 6.07. The Balaban J connectivity index is 1.65. The van der Waals surface area contributed by atoms with Crippen molar-refractivity contribution in [2.24, 2.45) is 11.3 Å². The van der Waals surface area contributed by atoms with E-state index in [1.807, 2.05) is 49.4 Å². The predicted octanol–water partition coefficient (Wildman–Crippen LogP) is 3.11. The second-order valence-corrected chi connectivity index (χ2v) is 7.28. The molecule has 0 saturated carbocycles. The monoisotopic (exact) mass is 349 g/mol. The van der Waals surface area contributed by atoms with Gasteiger partial charge in [-0.25, -0.2) is 0 Å². The van der Waals surface area contributed by atoms with Crippen LogP contribution in [0.25, 0.3) is 0 Å². The fraction of sp³-hybridized carbons (Fsp3) is 0.364. The highest BCUT2D eigenvalue weighted by atomic mass is 16.5. The predicted molar refractivity (Wildman–Crippen MR) is 98.8 cm³/mol. The number of ether oxygens (including phenoxy) is 1. The van der Waals surface area contributed by atoms with Gasteiger partial charge < -0.3 is 4.74 Å². The summed E-state index contributed by atoms with van der Waals surface area (Å²) in [5, 5.41) is 0. The maximum absolute atomic E-state index is 13.3. The summed E-state index contributed by atoms with van der Waals surface area (Å²) in [6.07, 6.45) is 0.622. The summed E-state index contributed by atoms with van der Waals surface area (Å²) in [5.74, 6) is -0.558. The van der Waals surface area contributed by atoms with E-state index in [0.717, 1.165) is 17.7 Å². The molecule has 1 aliphatic carbocycles. The number of fused-ring (bicyclic) bond motifs is 1. The number of nitrogens with zero attached hydrogens (tertiary/aromatic N) is 1. The molecule has 2 aromatic rings. The summed E-state index contributed by atoms with van der Waals surface area (Å²) < 4.78 is 5.34. The van der Waals surface area contributed by atoms with Crippen molar-refractivity contribution in [1.82, 2.24) is 4.90 Å². The summed E-state index contributed by atoms with van der Waals surface area (Å²) >= 11 is 0. The zero-order valence-electron chi connectivity index (χ0n) is 15.0. The van der Waals surface area contributed by atoms with Crippen LogP contribution in [0.5, 0.6) is 0 Å². The Bertz CT molecular complexity index is 832. The number of likely N-dealkylation sites (tertiary alicyclic amines) is 1. The molecule has 1 saturated heterocycles. The normalized spacial score (nSPS) is 24.8. The lowest BCUT2D eigenvalue weighted by Gasteiger charge is -2.27. The van der Waals surface area contributed by atoms with Crippen LogP contribution in [-0.4, -0.2) is 36.3 Å². The lowest BCUT2D eigenvalue weighted by molar-refractivity contribution is -0.150. The topological polar surface area (TPSA) is 46.6 Å². The van der Waals surface area contributed by atoms with Gasteiger partial charge in [-0.15, -0.1) is 0 Å². The Morgan fingerprint density at radius 3 is 2.62 bits per heavy atom. The van der Waals surface area contributed by atoms with Crippen LogP contribution in [0.15, 0.2) is 54.6 Å². The van der Waals surface area contributed by atoms with E-state index in [9.17, 15) is 9.59 Å². The molecular weight excluding hydrogens is 326 g/mol. The van der Waals surface area contributed by atoms with E-state index in [1.54, 1.807) is 0 Å². The minimum Gasteiger partial charge on any atom is -0.466 e. The summed E-state index contributed by atoms with van der Waals surface area (Å²) in [7, 11) is 0. The smallest absolute Gasteiger partial charge is 0.311 e. The fourth-order valence-electron chi connectivity index (χ4n) is 4.51. The molecule has 4 rings (SSSR count). The number of benzene rings is 2. The number of rotatable bonds is 4. The van der Waals surface area contributed by atoms with E-state index >= 15 is 0 Å². The van der Waals surface area contributed by atoms with Crippen molar-refractivity contribution in [3.05, 3.63) is 71.3 Å². The van der Waals surface area contributed by atoms with Crippen LogP contribution in [0, 0.1) is 11.3 Å². The molecule has 1 aliphatic heterocycles. The van der Waals surface area contributed by atoms with Crippen LogP contribution in [0.4, 0.5) is 0 Å². The molecule has 1 heterocycles. The van der Waals surface area contributed by atoms with E-state index < -0.39 is 11.3 Å². The Morgan fingerprint density at radius 2 is 1.88 bits per heavy atom. The summed E-state index contributed by atoms with van der Waals surface area (Å²) in [6, 6.07) is 17.9. The molecule has 2 aliphatic rings. The van der Waals surface area contributed by atoms with Gasteiger partial charge in [-0.05, 0) is 24.5 Å². The molecule has 0 amide bonds. The molecule has 26 heavy (non-hydrogen) atoms. The second-order valence-electron chi connectivity index (χ2n) is 7.28. The molecule has 1 fully saturated rings. The van der Waals surface area contributed by atoms with Crippen LogP contribution in [0.3, 0.4) is 0 Å². The zero-order chi connectivity index (χ0) is 18.1. The first-order chi connectivity index (χ1) is 12.6. The van der Waals surface area contributed by atoms with Crippen molar-refractivity contribution >= 4 is 11.8 Å². The van der Waals surface area contributed by atoms with Gasteiger partial charge in [0, 0.05) is 25.2 Å². The van der Waals surface area contributed by atoms with Gasteiger partial charge in [0.25, 0.3) is 0 Å². The number of ketones is 1. The first kappa shape index (κ1) is 17.0. The van der Waals surface area contributed by atoms with Crippen LogP contribution < -0.4 is 0 Å². The first-order valence-electron chi connectivity index (χ1n) is 9.19. The van der Waals surface area contributed by atoms with E-state index in [4.69, 9.17) is 4.74 Å². The van der Waals surface area contributed by atoms with Crippen LogP contribution >= 0.6 is 0 Å². The summed E-state index contributed by atoms with van der Waals surface area (Å²) in [4.78, 5) is 28.2. The standard InChI is InChI=1S/C22H23NO3/c1-2-26-21(25)19-14-23(13-16-8-4-3-5-9-16)15-22(19)12-17-10-6-7-11-18(17)20(22)24/h3-11,19H,2,12-15H2,1H3/t19-,22+/m0/s1. The van der Waals surface area contributed by atoms with E-state index in [-0.39, 0.29) is 11.8 Å². The van der Waals surface area contributed by atoms with Crippen molar-refractivity contribution in [3.63, 3.8) is 0 Å². The average Bonchev–Trinajstić information content (AvgIpc) is 3.15. The third-order valence-electron chi connectivity index (χ3n) is 5.65. The van der Waals surface area contributed by atoms with Gasteiger partial charge in [0.1, 0.15) is 0 Å². The SMILES string of the molecule is CCOC(=O)[C@@H]1CN(Cc2ccccc2)C[C@]12Cc1ccccc1C2=O. The molecule has 134 valence electrons. The Hall–Kier alpha value is -2.46. The lowest BCUT2D eigenvalue weighted by Crippen LogP contribution is -2.41. The van der Waals surface area contributed by atoms with Crippen molar-refractivity contribution in [2.75, 3.05) is 19.7 Å². The largest absolute Gasteiger partial charge is 0.466 e. The molecule has 2 aromatic carbocycles. The fourth-order valence-corrected chi connectivity index (χ4v) is 4.51. The third-order valence-corrected chi connectivity index (χ3v) is 5.65. The van der Waals surface area contributed by atoms with Crippen LogP contribution in [-0.2, 0) is 22.5 Å². The molecule has 4 nitrogen and oxygen atoms in total. The molecule has 1 spiro atoms. The number of esters is 1. The molecule has 0 unspecified atom stereocenters. The molecule has 0 N–H and O–H groups in total. The Morgan fingerprint density at radius 1 is 1.15 bits per heavy atom. The highest BCUT2D eigenvalue weighted by Crippen LogP contribution is 2.48. The van der Waals surface area contributed by atoms with Crippen molar-refractivity contribution < 1.29 is 14.3 Å². The number of Topliss-reactive ketones (excluding diaryl/α,β-unsaturated/α-hetero) is 1. The average molecular weight is 349 g/mol. The number of carbonyl (C=O) groups is 2. The zero-order valence-corrected chi connectivity index (χ0v) is 15.0. The molecular formula is C22H23NO3. The number of hydrogen-bond acceptors (Lipinski definition) is 4. The first-order valence-corrected chi connectivity index (χ1v) is 9.19. The van der Waals surface area contributed by atoms with Crippen LogP contribution in [0.1, 0.15) is 28.4 Å². The van der Waals surface area contributed by atoms with Gasteiger partial charge in [0.05, 0.1) is 17.9 Å². The molecule has 0 aromatic heterocycles. The van der Waals surface area contributed by atoms with Crippen molar-refractivity contribution in [3.8, 4) is 0 Å². The lowest BCUT2D eigenvalue weighted by atomic mass is 9.74. The van der Waals surface area contributed by atoms with Gasteiger partial charge in [0.2, 0.25) is 0 Å². The Labute approximate surface area is 153 Å². The van der Waals surface area contributed by atoms with E-state index in [0.29, 0.717) is 26.1 Å².